The van der Waals surface area contributed by atoms with Gasteiger partial charge in [-0.3, -0.25) is 4.79 Å². The molecule has 1 aliphatic rings. The van der Waals surface area contributed by atoms with Gasteiger partial charge in [-0.2, -0.15) is 0 Å². The normalized spacial score (nSPS) is 26.3. The van der Waals surface area contributed by atoms with Gasteiger partial charge in [0.25, 0.3) is 5.91 Å². The highest BCUT2D eigenvalue weighted by atomic mass is 16.7. The molecule has 0 aromatic heterocycles. The summed E-state index contributed by atoms with van der Waals surface area (Å²) < 4.78 is 10.8. The van der Waals surface area contributed by atoms with Crippen molar-refractivity contribution in [2.75, 3.05) is 32.8 Å². The van der Waals surface area contributed by atoms with Crippen molar-refractivity contribution in [1.82, 2.24) is 10.6 Å². The molecule has 9 nitrogen and oxygen atoms in total. The van der Waals surface area contributed by atoms with Crippen molar-refractivity contribution >= 4 is 5.91 Å². The van der Waals surface area contributed by atoms with Crippen molar-refractivity contribution in [1.29, 1.82) is 0 Å². The van der Waals surface area contributed by atoms with Crippen LogP contribution in [0.4, 0.5) is 0 Å². The van der Waals surface area contributed by atoms with Crippen LogP contribution in [-0.4, -0.2) is 89.9 Å². The minimum absolute atomic E-state index is 0.00328. The smallest absolute Gasteiger partial charge is 0.251 e. The van der Waals surface area contributed by atoms with Gasteiger partial charge < -0.3 is 40.5 Å². The van der Waals surface area contributed by atoms with Crippen LogP contribution in [0, 0.1) is 0 Å². The van der Waals surface area contributed by atoms with Gasteiger partial charge in [-0.1, -0.05) is 39.0 Å². The van der Waals surface area contributed by atoms with Crippen LogP contribution in [0.3, 0.4) is 0 Å². The number of rotatable bonds is 15. The Hall–Kier alpha value is -0.810. The van der Waals surface area contributed by atoms with Crippen molar-refractivity contribution in [3.63, 3.8) is 0 Å². The maximum atomic E-state index is 12.0. The van der Waals surface area contributed by atoms with Gasteiger partial charge in [0.05, 0.1) is 6.61 Å². The van der Waals surface area contributed by atoms with Crippen LogP contribution in [-0.2, 0) is 14.3 Å². The predicted octanol–water partition coefficient (Wildman–Crippen LogP) is -1.13. The first-order chi connectivity index (χ1) is 13.0. The van der Waals surface area contributed by atoms with Crippen molar-refractivity contribution < 1.29 is 34.7 Å². The predicted molar refractivity (Wildman–Crippen MR) is 99.0 cm³/mol. The molecule has 0 saturated carbocycles. The van der Waals surface area contributed by atoms with Gasteiger partial charge >= 0.3 is 0 Å². The molecule has 0 unspecified atom stereocenters. The average molecular weight is 392 g/mol. The van der Waals surface area contributed by atoms with Crippen LogP contribution in [0.15, 0.2) is 0 Å². The molecule has 1 amide bonds. The van der Waals surface area contributed by atoms with Gasteiger partial charge in [0.15, 0.2) is 12.4 Å². The molecule has 0 aliphatic carbocycles. The fourth-order valence-electron chi connectivity index (χ4n) is 2.88. The third kappa shape index (κ3) is 8.82. The van der Waals surface area contributed by atoms with Gasteiger partial charge in [0.2, 0.25) is 0 Å². The van der Waals surface area contributed by atoms with Crippen LogP contribution in [0.25, 0.3) is 0 Å². The molecule has 27 heavy (non-hydrogen) atoms. The zero-order valence-electron chi connectivity index (χ0n) is 16.2. The molecule has 0 spiro atoms. The number of hydrogen-bond acceptors (Lipinski definition) is 8. The SMILES string of the molecule is CCCCCCCCO[C@@H]1O[C@@H]([C@H](O)C(=O)NCCNCCO)[C@H](O)[C@H]1O. The summed E-state index contributed by atoms with van der Waals surface area (Å²) in [5, 5.41) is 44.2. The van der Waals surface area contributed by atoms with Crippen molar-refractivity contribution in [3.8, 4) is 0 Å². The standard InChI is InChI=1S/C18H36N2O7/c1-2-3-4-5-6-7-12-26-18-14(23)13(22)16(27-18)15(24)17(25)20-9-8-19-10-11-21/h13-16,18-19,21-24H,2-12H2,1H3,(H,20,25)/t13-,14-,15+,16-,18-/m1/s1. The fraction of sp³-hybridized carbons (Fsp3) is 0.944. The van der Waals surface area contributed by atoms with Crippen LogP contribution < -0.4 is 10.6 Å². The highest BCUT2D eigenvalue weighted by Crippen LogP contribution is 2.25. The number of aliphatic hydroxyl groups is 4. The Balaban J connectivity index is 2.28. The summed E-state index contributed by atoms with van der Waals surface area (Å²) in [5.41, 5.74) is 0. The zero-order chi connectivity index (χ0) is 20.1. The van der Waals surface area contributed by atoms with E-state index in [2.05, 4.69) is 17.6 Å². The summed E-state index contributed by atoms with van der Waals surface area (Å²) in [6.45, 7) is 3.63. The van der Waals surface area contributed by atoms with Crippen molar-refractivity contribution in [2.24, 2.45) is 0 Å². The fourth-order valence-corrected chi connectivity index (χ4v) is 2.88. The number of carbonyl (C=O) groups excluding carboxylic acids is 1. The second kappa shape index (κ2) is 14.2. The first-order valence-corrected chi connectivity index (χ1v) is 9.93. The first-order valence-electron chi connectivity index (χ1n) is 9.93. The Morgan fingerprint density at radius 1 is 1.07 bits per heavy atom. The van der Waals surface area contributed by atoms with Crippen LogP contribution in [0.5, 0.6) is 0 Å². The van der Waals surface area contributed by atoms with E-state index in [1.165, 1.54) is 19.3 Å². The summed E-state index contributed by atoms with van der Waals surface area (Å²) in [6, 6.07) is 0. The molecular weight excluding hydrogens is 356 g/mol. The molecule has 5 atom stereocenters. The highest BCUT2D eigenvalue weighted by Gasteiger charge is 2.48. The molecule has 1 fully saturated rings. The Labute approximate surface area is 161 Å². The lowest BCUT2D eigenvalue weighted by atomic mass is 10.1. The molecule has 0 radical (unpaired) electrons. The Kier molecular flexibility index (Phi) is 12.8. The quantitative estimate of drug-likeness (QED) is 0.192. The van der Waals surface area contributed by atoms with E-state index in [0.29, 0.717) is 19.7 Å². The number of ether oxygens (including phenoxy) is 2. The van der Waals surface area contributed by atoms with Gasteiger partial charge in [-0.25, -0.2) is 0 Å². The van der Waals surface area contributed by atoms with E-state index in [1.54, 1.807) is 0 Å². The van der Waals surface area contributed by atoms with Crippen molar-refractivity contribution in [3.05, 3.63) is 0 Å². The van der Waals surface area contributed by atoms with Gasteiger partial charge in [0.1, 0.15) is 18.3 Å². The number of hydrogen-bond donors (Lipinski definition) is 6. The molecule has 0 bridgehead atoms. The lowest BCUT2D eigenvalue weighted by molar-refractivity contribution is -0.181. The van der Waals surface area contributed by atoms with E-state index in [9.17, 15) is 20.1 Å². The summed E-state index contributed by atoms with van der Waals surface area (Å²) in [7, 11) is 0. The maximum Gasteiger partial charge on any atom is 0.251 e. The molecule has 1 heterocycles. The van der Waals surface area contributed by atoms with Crippen LogP contribution in [0.2, 0.25) is 0 Å². The molecule has 160 valence electrons. The second-order valence-corrected chi connectivity index (χ2v) is 6.80. The molecule has 1 aliphatic heterocycles. The lowest BCUT2D eigenvalue weighted by Crippen LogP contribution is -2.48. The van der Waals surface area contributed by atoms with E-state index in [4.69, 9.17) is 14.6 Å². The number of carbonyl (C=O) groups is 1. The third-order valence-corrected chi connectivity index (χ3v) is 4.51. The highest BCUT2D eigenvalue weighted by molar-refractivity contribution is 5.81. The molecule has 0 aromatic carbocycles. The molecule has 1 saturated heterocycles. The summed E-state index contributed by atoms with van der Waals surface area (Å²) in [4.78, 5) is 12.0. The second-order valence-electron chi connectivity index (χ2n) is 6.80. The van der Waals surface area contributed by atoms with E-state index in [1.807, 2.05) is 0 Å². The monoisotopic (exact) mass is 392 g/mol. The lowest BCUT2D eigenvalue weighted by Gasteiger charge is -2.20. The Morgan fingerprint density at radius 3 is 2.48 bits per heavy atom. The molecule has 9 heteroatoms. The number of unbranched alkanes of at least 4 members (excludes halogenated alkanes) is 5. The van der Waals surface area contributed by atoms with Gasteiger partial charge in [0, 0.05) is 26.2 Å². The summed E-state index contributed by atoms with van der Waals surface area (Å²) >= 11 is 0. The summed E-state index contributed by atoms with van der Waals surface area (Å²) in [5.74, 6) is -0.700. The largest absolute Gasteiger partial charge is 0.395 e. The van der Waals surface area contributed by atoms with E-state index in [0.717, 1.165) is 19.3 Å². The number of nitrogens with one attached hydrogen (secondary N) is 2. The molecule has 6 N–H and O–H groups in total. The Morgan fingerprint density at radius 2 is 1.78 bits per heavy atom. The maximum absolute atomic E-state index is 12.0. The summed E-state index contributed by atoms with van der Waals surface area (Å²) in [6.07, 6.45) is -0.0885. The van der Waals surface area contributed by atoms with Gasteiger partial charge in [-0.05, 0) is 6.42 Å². The number of amides is 1. The van der Waals surface area contributed by atoms with E-state index in [-0.39, 0.29) is 13.2 Å². The first kappa shape index (κ1) is 24.2. The molecule has 0 aromatic rings. The zero-order valence-corrected chi connectivity index (χ0v) is 16.2. The topological polar surface area (TPSA) is 141 Å². The average Bonchev–Trinajstić information content (AvgIpc) is 2.94. The minimum atomic E-state index is -1.62. The van der Waals surface area contributed by atoms with Gasteiger partial charge in [-0.15, -0.1) is 0 Å². The van der Waals surface area contributed by atoms with E-state index >= 15 is 0 Å². The number of aliphatic hydroxyl groups excluding tert-OH is 4. The molecular formula is C18H36N2O7. The molecule has 1 rings (SSSR count). The van der Waals surface area contributed by atoms with Crippen LogP contribution >= 0.6 is 0 Å². The Bertz CT molecular complexity index is 400. The van der Waals surface area contributed by atoms with Crippen molar-refractivity contribution in [2.45, 2.75) is 76.2 Å². The van der Waals surface area contributed by atoms with E-state index < -0.39 is 36.6 Å². The minimum Gasteiger partial charge on any atom is -0.395 e. The van der Waals surface area contributed by atoms with Crippen LogP contribution in [0.1, 0.15) is 45.4 Å². The third-order valence-electron chi connectivity index (χ3n) is 4.51.